The molecule has 1 aliphatic heterocycles. The van der Waals surface area contributed by atoms with Crippen LogP contribution in [0.25, 0.3) is 0 Å². The van der Waals surface area contributed by atoms with E-state index in [2.05, 4.69) is 48.3 Å². The first kappa shape index (κ1) is 15.0. The van der Waals surface area contributed by atoms with Gasteiger partial charge in [-0.15, -0.1) is 11.3 Å². The summed E-state index contributed by atoms with van der Waals surface area (Å²) in [6.45, 7) is 5.76. The number of likely N-dealkylation sites (tertiary alicyclic amines) is 1. The Morgan fingerprint density at radius 2 is 2.16 bits per heavy atom. The standard InChI is InChI=1S/C15H27N3S/c1-12(16)15(14-5-4-10-19-14)18(3)11-13-6-8-17(2)9-7-13/h4-5,10,12-13,15H,6-9,11,16H2,1-3H3. The van der Waals surface area contributed by atoms with Crippen molar-refractivity contribution < 1.29 is 0 Å². The molecule has 1 aliphatic rings. The van der Waals surface area contributed by atoms with Crippen LogP contribution in [-0.2, 0) is 0 Å². The van der Waals surface area contributed by atoms with Crippen molar-refractivity contribution in [3.63, 3.8) is 0 Å². The van der Waals surface area contributed by atoms with Gasteiger partial charge < -0.3 is 10.6 Å². The first-order chi connectivity index (χ1) is 9.08. The second kappa shape index (κ2) is 6.84. The fraction of sp³-hybridized carbons (Fsp3) is 0.733. The Bertz CT molecular complexity index is 355. The lowest BCUT2D eigenvalue weighted by molar-refractivity contribution is 0.141. The molecule has 1 aromatic rings. The summed E-state index contributed by atoms with van der Waals surface area (Å²) >= 11 is 1.82. The quantitative estimate of drug-likeness (QED) is 0.899. The Morgan fingerprint density at radius 3 is 2.68 bits per heavy atom. The Balaban J connectivity index is 1.94. The van der Waals surface area contributed by atoms with Crippen LogP contribution in [0, 0.1) is 5.92 Å². The first-order valence-electron chi connectivity index (χ1n) is 7.25. The summed E-state index contributed by atoms with van der Waals surface area (Å²) in [5.41, 5.74) is 6.21. The summed E-state index contributed by atoms with van der Waals surface area (Å²) in [5.74, 6) is 0.822. The summed E-state index contributed by atoms with van der Waals surface area (Å²) in [5, 5.41) is 2.15. The van der Waals surface area contributed by atoms with Gasteiger partial charge in [-0.2, -0.15) is 0 Å². The summed E-state index contributed by atoms with van der Waals surface area (Å²) in [7, 11) is 4.45. The molecular formula is C15H27N3S. The van der Waals surface area contributed by atoms with E-state index in [9.17, 15) is 0 Å². The molecule has 0 spiro atoms. The van der Waals surface area contributed by atoms with Crippen LogP contribution in [0.1, 0.15) is 30.7 Å². The third-order valence-corrected chi connectivity index (χ3v) is 5.13. The van der Waals surface area contributed by atoms with Crippen LogP contribution in [0.2, 0.25) is 0 Å². The highest BCUT2D eigenvalue weighted by Crippen LogP contribution is 2.28. The van der Waals surface area contributed by atoms with Crippen LogP contribution in [0.15, 0.2) is 17.5 Å². The fourth-order valence-electron chi connectivity index (χ4n) is 3.10. The smallest absolute Gasteiger partial charge is 0.0588 e. The lowest BCUT2D eigenvalue weighted by Gasteiger charge is -2.36. The second-order valence-corrected chi connectivity index (χ2v) is 6.98. The maximum Gasteiger partial charge on any atom is 0.0588 e. The minimum Gasteiger partial charge on any atom is -0.326 e. The molecule has 0 saturated carbocycles. The van der Waals surface area contributed by atoms with Crippen LogP contribution >= 0.6 is 11.3 Å². The lowest BCUT2D eigenvalue weighted by atomic mass is 9.95. The molecule has 2 atom stereocenters. The van der Waals surface area contributed by atoms with E-state index in [0.29, 0.717) is 6.04 Å². The van der Waals surface area contributed by atoms with Crippen LogP contribution in [-0.4, -0.2) is 49.6 Å². The number of nitrogens with zero attached hydrogens (tertiary/aromatic N) is 2. The van der Waals surface area contributed by atoms with E-state index in [1.807, 2.05) is 11.3 Å². The molecule has 2 N–H and O–H groups in total. The second-order valence-electron chi connectivity index (χ2n) is 6.01. The third-order valence-electron chi connectivity index (χ3n) is 4.19. The van der Waals surface area contributed by atoms with E-state index >= 15 is 0 Å². The molecule has 108 valence electrons. The molecule has 2 unspecified atom stereocenters. The molecule has 3 nitrogen and oxygen atoms in total. The van der Waals surface area contributed by atoms with Gasteiger partial charge in [0.15, 0.2) is 0 Å². The zero-order valence-electron chi connectivity index (χ0n) is 12.4. The van der Waals surface area contributed by atoms with Crippen LogP contribution in [0.3, 0.4) is 0 Å². The molecule has 2 heterocycles. The zero-order valence-corrected chi connectivity index (χ0v) is 13.2. The minimum atomic E-state index is 0.176. The van der Waals surface area contributed by atoms with E-state index in [1.165, 1.54) is 30.8 Å². The highest BCUT2D eigenvalue weighted by atomic mass is 32.1. The lowest BCUT2D eigenvalue weighted by Crippen LogP contribution is -2.41. The van der Waals surface area contributed by atoms with Crippen molar-refractivity contribution in [3.05, 3.63) is 22.4 Å². The minimum absolute atomic E-state index is 0.176. The molecule has 0 aliphatic carbocycles. The van der Waals surface area contributed by atoms with Crippen molar-refractivity contribution in [1.82, 2.24) is 9.80 Å². The molecule has 1 saturated heterocycles. The number of nitrogens with two attached hydrogens (primary N) is 1. The van der Waals surface area contributed by atoms with E-state index in [-0.39, 0.29) is 6.04 Å². The number of thiophene rings is 1. The highest BCUT2D eigenvalue weighted by molar-refractivity contribution is 7.10. The number of piperidine rings is 1. The average Bonchev–Trinajstić information content (AvgIpc) is 2.85. The Hall–Kier alpha value is -0.420. The summed E-state index contributed by atoms with van der Waals surface area (Å²) < 4.78 is 0. The van der Waals surface area contributed by atoms with E-state index in [4.69, 9.17) is 5.73 Å². The Labute approximate surface area is 121 Å². The summed E-state index contributed by atoms with van der Waals surface area (Å²) in [6.07, 6.45) is 2.63. The van der Waals surface area contributed by atoms with Gasteiger partial charge in [0.1, 0.15) is 0 Å². The van der Waals surface area contributed by atoms with Crippen molar-refractivity contribution in [3.8, 4) is 0 Å². The zero-order chi connectivity index (χ0) is 13.8. The monoisotopic (exact) mass is 281 g/mol. The first-order valence-corrected chi connectivity index (χ1v) is 8.13. The molecule has 4 heteroatoms. The van der Waals surface area contributed by atoms with Gasteiger partial charge in [0.2, 0.25) is 0 Å². The molecular weight excluding hydrogens is 254 g/mol. The number of rotatable bonds is 5. The van der Waals surface area contributed by atoms with Crippen molar-refractivity contribution in [2.75, 3.05) is 33.7 Å². The summed E-state index contributed by atoms with van der Waals surface area (Å²) in [4.78, 5) is 6.29. The van der Waals surface area contributed by atoms with Gasteiger partial charge >= 0.3 is 0 Å². The number of likely N-dealkylation sites (N-methyl/N-ethyl adjacent to an activating group) is 1. The highest BCUT2D eigenvalue weighted by Gasteiger charge is 2.25. The number of hydrogen-bond donors (Lipinski definition) is 1. The number of hydrogen-bond acceptors (Lipinski definition) is 4. The van der Waals surface area contributed by atoms with E-state index < -0.39 is 0 Å². The van der Waals surface area contributed by atoms with Gasteiger partial charge in [-0.1, -0.05) is 6.07 Å². The van der Waals surface area contributed by atoms with E-state index in [0.717, 1.165) is 12.5 Å². The SMILES string of the molecule is CC(N)C(c1cccs1)N(C)CC1CCN(C)CC1. The van der Waals surface area contributed by atoms with Crippen LogP contribution < -0.4 is 5.73 Å². The average molecular weight is 281 g/mol. The molecule has 0 bridgehead atoms. The van der Waals surface area contributed by atoms with Crippen LogP contribution in [0.4, 0.5) is 0 Å². The third kappa shape index (κ3) is 4.02. The van der Waals surface area contributed by atoms with E-state index in [1.54, 1.807) is 0 Å². The largest absolute Gasteiger partial charge is 0.326 e. The molecule has 0 radical (unpaired) electrons. The fourth-order valence-corrected chi connectivity index (χ4v) is 4.11. The summed E-state index contributed by atoms with van der Waals surface area (Å²) in [6, 6.07) is 4.87. The molecule has 1 fully saturated rings. The Morgan fingerprint density at radius 1 is 1.47 bits per heavy atom. The van der Waals surface area contributed by atoms with Crippen molar-refractivity contribution >= 4 is 11.3 Å². The van der Waals surface area contributed by atoms with Gasteiger partial charge in [-0.05, 0) is 64.3 Å². The van der Waals surface area contributed by atoms with Crippen molar-refractivity contribution in [2.24, 2.45) is 11.7 Å². The van der Waals surface area contributed by atoms with Gasteiger partial charge in [-0.3, -0.25) is 4.90 Å². The molecule has 19 heavy (non-hydrogen) atoms. The van der Waals surface area contributed by atoms with Gasteiger partial charge in [0.25, 0.3) is 0 Å². The Kier molecular flexibility index (Phi) is 5.39. The normalized spacial score (nSPS) is 21.7. The van der Waals surface area contributed by atoms with Crippen molar-refractivity contribution in [2.45, 2.75) is 31.8 Å². The molecule has 1 aromatic heterocycles. The predicted octanol–water partition coefficient (Wildman–Crippen LogP) is 2.41. The maximum atomic E-state index is 6.21. The molecule has 0 aromatic carbocycles. The van der Waals surface area contributed by atoms with Crippen LogP contribution in [0.5, 0.6) is 0 Å². The van der Waals surface area contributed by atoms with Gasteiger partial charge in [-0.25, -0.2) is 0 Å². The topological polar surface area (TPSA) is 32.5 Å². The molecule has 2 rings (SSSR count). The predicted molar refractivity (Wildman–Crippen MR) is 83.6 cm³/mol. The maximum absolute atomic E-state index is 6.21. The van der Waals surface area contributed by atoms with Crippen molar-refractivity contribution in [1.29, 1.82) is 0 Å². The van der Waals surface area contributed by atoms with Gasteiger partial charge in [0.05, 0.1) is 6.04 Å². The molecule has 0 amide bonds. The van der Waals surface area contributed by atoms with Gasteiger partial charge in [0, 0.05) is 17.5 Å².